The number of hydrazine groups is 2. The van der Waals surface area contributed by atoms with Gasteiger partial charge in [-0.3, -0.25) is 10.2 Å². The lowest BCUT2D eigenvalue weighted by Crippen LogP contribution is -2.25. The van der Waals surface area contributed by atoms with E-state index < -0.39 is 0 Å². The molecule has 2 aromatic carbocycles. The Morgan fingerprint density at radius 1 is 1.31 bits per heavy atom. The summed E-state index contributed by atoms with van der Waals surface area (Å²) in [6, 6.07) is 11.5. The SMILES string of the molecule is Cc1cccc(F)c1CSc1c(C2CC2)cccc1N(C)N.NNC=O. The number of nitrogens with zero attached hydrogens (tertiary/aromatic N) is 1. The first-order valence-corrected chi connectivity index (χ1v) is 9.36. The van der Waals surface area contributed by atoms with Crippen LogP contribution in [0.4, 0.5) is 10.1 Å². The number of benzene rings is 2. The maximum atomic E-state index is 14.0. The minimum atomic E-state index is -0.126. The molecule has 1 saturated carbocycles. The Morgan fingerprint density at radius 3 is 2.50 bits per heavy atom. The number of nitrogens with one attached hydrogen (secondary N) is 1. The Morgan fingerprint density at radius 2 is 1.96 bits per heavy atom. The molecule has 0 aromatic heterocycles. The zero-order valence-corrected chi connectivity index (χ0v) is 15.9. The van der Waals surface area contributed by atoms with E-state index in [4.69, 9.17) is 10.6 Å². The maximum Gasteiger partial charge on any atom is 0.221 e. The van der Waals surface area contributed by atoms with Crippen molar-refractivity contribution < 1.29 is 9.18 Å². The van der Waals surface area contributed by atoms with E-state index in [-0.39, 0.29) is 5.82 Å². The van der Waals surface area contributed by atoms with Crippen LogP contribution in [-0.2, 0) is 10.5 Å². The summed E-state index contributed by atoms with van der Waals surface area (Å²) < 4.78 is 14.0. The van der Waals surface area contributed by atoms with E-state index in [1.807, 2.05) is 26.1 Å². The molecule has 5 nitrogen and oxygen atoms in total. The number of halogens is 1. The van der Waals surface area contributed by atoms with Crippen molar-refractivity contribution in [2.75, 3.05) is 12.1 Å². The molecule has 0 heterocycles. The molecule has 1 aliphatic rings. The van der Waals surface area contributed by atoms with Crippen LogP contribution < -0.4 is 22.1 Å². The van der Waals surface area contributed by atoms with Crippen LogP contribution in [0, 0.1) is 12.7 Å². The third-order valence-electron chi connectivity index (χ3n) is 4.20. The van der Waals surface area contributed by atoms with Crippen molar-refractivity contribution in [3.63, 3.8) is 0 Å². The molecule has 1 amide bonds. The van der Waals surface area contributed by atoms with Crippen molar-refractivity contribution in [3.8, 4) is 0 Å². The summed E-state index contributed by atoms with van der Waals surface area (Å²) in [4.78, 5) is 10.1. The first kappa shape index (κ1) is 20.2. The van der Waals surface area contributed by atoms with Gasteiger partial charge in [0.2, 0.25) is 6.41 Å². The molecule has 0 atom stereocenters. The molecule has 0 radical (unpaired) electrons. The standard InChI is InChI=1S/C18H21FN2S.CH4N2O/c1-12-5-3-7-16(19)15(12)11-22-18-14(13-9-10-13)6-4-8-17(18)21(2)20;2-3-1-4/h3-8,13H,9-11,20H2,1-2H3;1H,2H2,(H,3,4). The van der Waals surface area contributed by atoms with Gasteiger partial charge in [0.05, 0.1) is 5.69 Å². The molecule has 0 bridgehead atoms. The highest BCUT2D eigenvalue weighted by Gasteiger charge is 2.27. The molecule has 1 fully saturated rings. The van der Waals surface area contributed by atoms with E-state index in [0.717, 1.165) is 16.8 Å². The van der Waals surface area contributed by atoms with Crippen LogP contribution in [0.25, 0.3) is 0 Å². The fraction of sp³-hybridized carbons (Fsp3) is 0.316. The lowest BCUT2D eigenvalue weighted by molar-refractivity contribution is -0.109. The molecule has 1 aliphatic carbocycles. The maximum absolute atomic E-state index is 14.0. The summed E-state index contributed by atoms with van der Waals surface area (Å²) in [5, 5.41) is 1.66. The molecule has 2 aromatic rings. The Labute approximate surface area is 157 Å². The van der Waals surface area contributed by atoms with Gasteiger partial charge >= 0.3 is 0 Å². The summed E-state index contributed by atoms with van der Waals surface area (Å²) in [6.45, 7) is 1.96. The number of carbonyl (C=O) groups excluding carboxylic acids is 1. The van der Waals surface area contributed by atoms with Crippen LogP contribution >= 0.6 is 11.8 Å². The van der Waals surface area contributed by atoms with Gasteiger partial charge in [0, 0.05) is 23.3 Å². The topological polar surface area (TPSA) is 84.4 Å². The zero-order valence-electron chi connectivity index (χ0n) is 15.0. The Kier molecular flexibility index (Phi) is 7.44. The van der Waals surface area contributed by atoms with E-state index >= 15 is 0 Å². The lowest BCUT2D eigenvalue weighted by Gasteiger charge is -2.20. The van der Waals surface area contributed by atoms with Crippen LogP contribution in [0.3, 0.4) is 0 Å². The van der Waals surface area contributed by atoms with E-state index in [9.17, 15) is 4.39 Å². The monoisotopic (exact) mass is 376 g/mol. The highest BCUT2D eigenvalue weighted by Crippen LogP contribution is 2.47. The molecule has 0 unspecified atom stereocenters. The number of aryl methyl sites for hydroxylation is 1. The van der Waals surface area contributed by atoms with Crippen molar-refractivity contribution in [3.05, 3.63) is 58.9 Å². The molecular weight excluding hydrogens is 351 g/mol. The average molecular weight is 377 g/mol. The fourth-order valence-electron chi connectivity index (χ4n) is 2.69. The third kappa shape index (κ3) is 5.20. The highest BCUT2D eigenvalue weighted by atomic mass is 32.2. The smallest absolute Gasteiger partial charge is 0.221 e. The van der Waals surface area contributed by atoms with Gasteiger partial charge in [-0.25, -0.2) is 16.1 Å². The first-order valence-electron chi connectivity index (χ1n) is 8.37. The number of amides is 1. The quantitative estimate of drug-likeness (QED) is 0.237. The molecule has 26 heavy (non-hydrogen) atoms. The van der Waals surface area contributed by atoms with Gasteiger partial charge < -0.3 is 5.01 Å². The number of thioether (sulfide) groups is 1. The van der Waals surface area contributed by atoms with Crippen LogP contribution in [0.2, 0.25) is 0 Å². The molecule has 5 N–H and O–H groups in total. The van der Waals surface area contributed by atoms with Gasteiger partial charge in [-0.15, -0.1) is 11.8 Å². The predicted octanol–water partition coefficient (Wildman–Crippen LogP) is 3.22. The van der Waals surface area contributed by atoms with Gasteiger partial charge in [-0.2, -0.15) is 0 Å². The van der Waals surface area contributed by atoms with Crippen molar-refractivity contribution in [1.29, 1.82) is 0 Å². The first-order chi connectivity index (χ1) is 12.5. The van der Waals surface area contributed by atoms with Crippen LogP contribution in [0.5, 0.6) is 0 Å². The van der Waals surface area contributed by atoms with E-state index in [1.165, 1.54) is 29.4 Å². The minimum absolute atomic E-state index is 0.126. The van der Waals surface area contributed by atoms with Crippen molar-refractivity contribution in [1.82, 2.24) is 5.43 Å². The molecular formula is C19H25FN4OS. The van der Waals surface area contributed by atoms with Gasteiger partial charge in [0.15, 0.2) is 0 Å². The summed E-state index contributed by atoms with van der Waals surface area (Å²) in [5.41, 5.74) is 5.90. The number of hydrogen-bond donors (Lipinski definition) is 3. The summed E-state index contributed by atoms with van der Waals surface area (Å²) in [6.07, 6.45) is 2.88. The van der Waals surface area contributed by atoms with Gasteiger partial charge in [0.25, 0.3) is 0 Å². The van der Waals surface area contributed by atoms with Gasteiger partial charge in [-0.05, 0) is 48.9 Å². The largest absolute Gasteiger partial charge is 0.313 e. The van der Waals surface area contributed by atoms with Gasteiger partial charge in [-0.1, -0.05) is 24.3 Å². The predicted molar refractivity (Wildman–Crippen MR) is 105 cm³/mol. The Bertz CT molecular complexity index is 710. The third-order valence-corrected chi connectivity index (χ3v) is 5.37. The number of rotatable bonds is 6. The summed E-state index contributed by atoms with van der Waals surface area (Å²) in [7, 11) is 1.85. The number of hydrogen-bond acceptors (Lipinski definition) is 5. The molecule has 140 valence electrons. The molecule has 3 rings (SSSR count). The fourth-order valence-corrected chi connectivity index (χ4v) is 4.10. The van der Waals surface area contributed by atoms with E-state index in [1.54, 1.807) is 28.3 Å². The number of anilines is 1. The summed E-state index contributed by atoms with van der Waals surface area (Å²) in [5.74, 6) is 11.5. The number of nitrogens with two attached hydrogens (primary N) is 2. The number of carbonyl (C=O) groups is 1. The molecule has 0 spiro atoms. The Hall–Kier alpha value is -2.09. The normalized spacial score (nSPS) is 12.8. The second-order valence-corrected chi connectivity index (χ2v) is 7.17. The van der Waals surface area contributed by atoms with Gasteiger partial charge in [0.1, 0.15) is 5.82 Å². The minimum Gasteiger partial charge on any atom is -0.313 e. The molecule has 0 aliphatic heterocycles. The van der Waals surface area contributed by atoms with Crippen molar-refractivity contribution in [2.45, 2.75) is 36.3 Å². The van der Waals surface area contributed by atoms with Crippen molar-refractivity contribution >= 4 is 23.9 Å². The van der Waals surface area contributed by atoms with E-state index in [0.29, 0.717) is 18.1 Å². The van der Waals surface area contributed by atoms with Crippen molar-refractivity contribution in [2.24, 2.45) is 11.7 Å². The molecule has 7 heteroatoms. The second-order valence-electron chi connectivity index (χ2n) is 6.19. The van der Waals surface area contributed by atoms with Crippen LogP contribution in [0.1, 0.15) is 35.4 Å². The van der Waals surface area contributed by atoms with Crippen LogP contribution in [-0.4, -0.2) is 13.5 Å². The summed E-state index contributed by atoms with van der Waals surface area (Å²) >= 11 is 1.69. The van der Waals surface area contributed by atoms with Crippen LogP contribution in [0.15, 0.2) is 41.3 Å². The second kappa shape index (κ2) is 9.56. The Balaban J connectivity index is 0.000000552. The van der Waals surface area contributed by atoms with E-state index in [2.05, 4.69) is 18.0 Å². The zero-order chi connectivity index (χ0) is 19.1. The average Bonchev–Trinajstić information content (AvgIpc) is 3.46. The molecule has 0 saturated heterocycles. The highest BCUT2D eigenvalue weighted by molar-refractivity contribution is 7.98. The lowest BCUT2D eigenvalue weighted by atomic mass is 10.1.